The van der Waals surface area contributed by atoms with E-state index in [1.165, 1.54) is 18.3 Å². The number of pyridine rings is 2. The van der Waals surface area contributed by atoms with E-state index in [0.29, 0.717) is 47.3 Å². The van der Waals surface area contributed by atoms with Crippen LogP contribution in [0.4, 0.5) is 18.9 Å². The van der Waals surface area contributed by atoms with Gasteiger partial charge in [-0.05, 0) is 41.8 Å². The molecule has 2 fully saturated rings. The van der Waals surface area contributed by atoms with Crippen LogP contribution in [-0.4, -0.2) is 48.4 Å². The van der Waals surface area contributed by atoms with Crippen LogP contribution in [-0.2, 0) is 4.74 Å². The summed E-state index contributed by atoms with van der Waals surface area (Å²) in [6.07, 6.45) is 4.88. The second kappa shape index (κ2) is 9.07. The highest BCUT2D eigenvalue weighted by atomic mass is 19.1. The standard InChI is InChI=1S/C27H23F3N4O2/c28-17-7-16(8-18(29)10-17)20-12-33-23-2-1-15(21-11-31-13-22(30)27(21)35)9-19(23)26(20)34-5-3-24-25(14-34)36-6-4-32-24/h1-2,7-13,24-25,32H,3-6,14H2,(H,31,35)/t24?,25-/m1/s1. The Hall–Kier alpha value is -3.69. The fraction of sp³-hybridized carbons (Fsp3) is 0.259. The first-order chi connectivity index (χ1) is 17.5. The number of aromatic nitrogens is 2. The maximum absolute atomic E-state index is 14.2. The third-order valence-corrected chi connectivity index (χ3v) is 6.94. The van der Waals surface area contributed by atoms with Crippen molar-refractivity contribution in [2.45, 2.75) is 18.6 Å². The van der Waals surface area contributed by atoms with E-state index < -0.39 is 22.9 Å². The summed E-state index contributed by atoms with van der Waals surface area (Å²) in [5, 5.41) is 4.19. The molecule has 0 bridgehead atoms. The van der Waals surface area contributed by atoms with E-state index in [1.54, 1.807) is 24.4 Å². The van der Waals surface area contributed by atoms with E-state index >= 15 is 0 Å². The van der Waals surface area contributed by atoms with Gasteiger partial charge in [0.2, 0.25) is 5.43 Å². The minimum absolute atomic E-state index is 0.0398. The van der Waals surface area contributed by atoms with Crippen molar-refractivity contribution in [2.24, 2.45) is 0 Å². The van der Waals surface area contributed by atoms with Crippen molar-refractivity contribution < 1.29 is 17.9 Å². The van der Waals surface area contributed by atoms with Crippen molar-refractivity contribution in [3.63, 3.8) is 0 Å². The predicted molar refractivity (Wildman–Crippen MR) is 131 cm³/mol. The molecule has 2 aliphatic rings. The van der Waals surface area contributed by atoms with Crippen LogP contribution >= 0.6 is 0 Å². The summed E-state index contributed by atoms with van der Waals surface area (Å²) in [6.45, 7) is 2.68. The third kappa shape index (κ3) is 4.04. The number of H-pyrrole nitrogens is 1. The lowest BCUT2D eigenvalue weighted by atomic mass is 9.95. The molecule has 0 radical (unpaired) electrons. The van der Waals surface area contributed by atoms with Crippen molar-refractivity contribution in [1.29, 1.82) is 0 Å². The van der Waals surface area contributed by atoms with E-state index in [2.05, 4.69) is 20.2 Å². The number of aromatic amines is 1. The van der Waals surface area contributed by atoms with Crippen LogP contribution in [0.5, 0.6) is 0 Å². The minimum atomic E-state index is -0.876. The average molecular weight is 493 g/mol. The summed E-state index contributed by atoms with van der Waals surface area (Å²) in [4.78, 5) is 21.9. The normalized spacial score (nSPS) is 19.9. The van der Waals surface area contributed by atoms with Crippen molar-refractivity contribution in [3.8, 4) is 22.3 Å². The molecule has 2 N–H and O–H groups in total. The Bertz CT molecular complexity index is 1500. The Morgan fingerprint density at radius 1 is 1.00 bits per heavy atom. The molecule has 0 aliphatic carbocycles. The number of piperidine rings is 1. The van der Waals surface area contributed by atoms with E-state index in [4.69, 9.17) is 4.74 Å². The summed E-state index contributed by atoms with van der Waals surface area (Å²) in [7, 11) is 0. The van der Waals surface area contributed by atoms with Crippen LogP contribution in [0.1, 0.15) is 6.42 Å². The van der Waals surface area contributed by atoms with Gasteiger partial charge >= 0.3 is 0 Å². The van der Waals surface area contributed by atoms with Gasteiger partial charge in [-0.25, -0.2) is 13.2 Å². The van der Waals surface area contributed by atoms with Crippen LogP contribution in [0.15, 0.2) is 59.8 Å². The van der Waals surface area contributed by atoms with Gasteiger partial charge in [0.05, 0.1) is 23.9 Å². The molecule has 0 amide bonds. The van der Waals surface area contributed by atoms with Crippen molar-refractivity contribution in [2.75, 3.05) is 31.1 Å². The first kappa shape index (κ1) is 22.8. The highest BCUT2D eigenvalue weighted by molar-refractivity contribution is 6.01. The van der Waals surface area contributed by atoms with Gasteiger partial charge in [-0.2, -0.15) is 0 Å². The van der Waals surface area contributed by atoms with E-state index in [1.807, 2.05) is 0 Å². The number of nitrogens with one attached hydrogen (secondary N) is 2. The smallest absolute Gasteiger partial charge is 0.224 e. The van der Waals surface area contributed by atoms with Gasteiger partial charge in [-0.1, -0.05) is 6.07 Å². The van der Waals surface area contributed by atoms with Crippen molar-refractivity contribution in [1.82, 2.24) is 15.3 Å². The number of halogens is 3. The van der Waals surface area contributed by atoms with Gasteiger partial charge in [0.25, 0.3) is 0 Å². The summed E-state index contributed by atoms with van der Waals surface area (Å²) in [5.41, 5.74) is 2.29. The Morgan fingerprint density at radius 2 is 1.83 bits per heavy atom. The zero-order valence-electron chi connectivity index (χ0n) is 19.2. The van der Waals surface area contributed by atoms with Crippen LogP contribution in [0.2, 0.25) is 0 Å². The number of morpholine rings is 1. The molecule has 2 atom stereocenters. The van der Waals surface area contributed by atoms with Gasteiger partial charge < -0.3 is 19.9 Å². The number of hydrogen-bond donors (Lipinski definition) is 2. The SMILES string of the molecule is O=c1c(F)c[nH]cc1-c1ccc2ncc(-c3cc(F)cc(F)c3)c(N3CCC4NCCO[C@@H]4C3)c2c1. The number of hydrogen-bond acceptors (Lipinski definition) is 5. The molecule has 2 aliphatic heterocycles. The molecule has 1 unspecified atom stereocenters. The maximum atomic E-state index is 14.2. The molecule has 0 saturated carbocycles. The number of rotatable bonds is 3. The predicted octanol–water partition coefficient (Wildman–Crippen LogP) is 4.24. The van der Waals surface area contributed by atoms with Crippen LogP contribution in [0.25, 0.3) is 33.2 Å². The molecule has 184 valence electrons. The molecule has 4 heterocycles. The van der Waals surface area contributed by atoms with Crippen LogP contribution in [0.3, 0.4) is 0 Å². The molecule has 36 heavy (non-hydrogen) atoms. The van der Waals surface area contributed by atoms with E-state index in [0.717, 1.165) is 30.9 Å². The maximum Gasteiger partial charge on any atom is 0.224 e. The fourth-order valence-corrected chi connectivity index (χ4v) is 5.26. The zero-order valence-corrected chi connectivity index (χ0v) is 19.2. The topological polar surface area (TPSA) is 70.2 Å². The van der Waals surface area contributed by atoms with Gasteiger partial charge in [0.15, 0.2) is 5.82 Å². The van der Waals surface area contributed by atoms with Crippen LogP contribution < -0.4 is 15.6 Å². The van der Waals surface area contributed by atoms with Gasteiger partial charge in [0.1, 0.15) is 11.6 Å². The number of ether oxygens (including phenoxy) is 1. The van der Waals surface area contributed by atoms with E-state index in [-0.39, 0.29) is 17.7 Å². The van der Waals surface area contributed by atoms with Crippen LogP contribution in [0, 0.1) is 17.5 Å². The molecule has 0 spiro atoms. The molecule has 6 rings (SSSR count). The summed E-state index contributed by atoms with van der Waals surface area (Å²) in [5.74, 6) is -2.25. The summed E-state index contributed by atoms with van der Waals surface area (Å²) >= 11 is 0. The summed E-state index contributed by atoms with van der Waals surface area (Å²) in [6, 6.07) is 8.89. The van der Waals surface area contributed by atoms with E-state index in [9.17, 15) is 18.0 Å². The second-order valence-electron chi connectivity index (χ2n) is 9.16. The fourth-order valence-electron chi connectivity index (χ4n) is 5.26. The number of anilines is 1. The zero-order chi connectivity index (χ0) is 24.8. The highest BCUT2D eigenvalue weighted by Gasteiger charge is 2.33. The minimum Gasteiger partial charge on any atom is -0.373 e. The number of nitrogens with zero attached hydrogens (tertiary/aromatic N) is 2. The Labute approximate surface area is 204 Å². The second-order valence-corrected chi connectivity index (χ2v) is 9.16. The molecular formula is C27H23F3N4O2. The van der Waals surface area contributed by atoms with Crippen molar-refractivity contribution >= 4 is 16.6 Å². The third-order valence-electron chi connectivity index (χ3n) is 6.94. The first-order valence-corrected chi connectivity index (χ1v) is 11.8. The average Bonchev–Trinajstić information content (AvgIpc) is 2.88. The largest absolute Gasteiger partial charge is 0.373 e. The van der Waals surface area contributed by atoms with Gasteiger partial charge in [0, 0.05) is 66.8 Å². The molecule has 4 aromatic rings. The number of fused-ring (bicyclic) bond motifs is 2. The van der Waals surface area contributed by atoms with Gasteiger partial charge in [-0.15, -0.1) is 0 Å². The lowest BCUT2D eigenvalue weighted by Crippen LogP contribution is -2.57. The monoisotopic (exact) mass is 492 g/mol. The Morgan fingerprint density at radius 3 is 2.67 bits per heavy atom. The molecule has 2 saturated heterocycles. The quantitative estimate of drug-likeness (QED) is 0.448. The first-order valence-electron chi connectivity index (χ1n) is 11.8. The lowest BCUT2D eigenvalue weighted by molar-refractivity contribution is -0.00896. The molecular weight excluding hydrogens is 469 g/mol. The lowest BCUT2D eigenvalue weighted by Gasteiger charge is -2.43. The highest BCUT2D eigenvalue weighted by Crippen LogP contribution is 2.40. The van der Waals surface area contributed by atoms with Gasteiger partial charge in [-0.3, -0.25) is 9.78 Å². The molecule has 6 nitrogen and oxygen atoms in total. The molecule has 9 heteroatoms. The van der Waals surface area contributed by atoms with Crippen molar-refractivity contribution in [3.05, 3.63) is 82.7 Å². The molecule has 2 aromatic carbocycles. The summed E-state index contributed by atoms with van der Waals surface area (Å²) < 4.78 is 48.5. The number of benzene rings is 2. The molecule has 2 aromatic heterocycles. The Balaban J connectivity index is 1.56. The Kier molecular flexibility index (Phi) is 5.73.